The number of nitrogens with two attached hydrogens (primary N) is 1. The molecular weight excluding hydrogens is 382 g/mol. The number of carbonyl (C=O) groups is 1. The van der Waals surface area contributed by atoms with Crippen LogP contribution in [0.15, 0.2) is 53.8 Å². The van der Waals surface area contributed by atoms with Gasteiger partial charge in [0, 0.05) is 11.1 Å². The number of benzene rings is 2. The number of carbonyl (C=O) groups excluding carboxylic acids is 1. The SMILES string of the molecule is [2H]c1c([2H])c([C@@H](O)CCCCc2ccc(NC(=O)Cc3csc(N)n3)cc2)c([2H])c([2H])c1C. The van der Waals surface area contributed by atoms with Crippen molar-refractivity contribution in [3.05, 3.63) is 76.2 Å². The van der Waals surface area contributed by atoms with Crippen LogP contribution < -0.4 is 11.1 Å². The Morgan fingerprint density at radius 3 is 2.62 bits per heavy atom. The maximum Gasteiger partial charge on any atom is 0.230 e. The number of unbranched alkanes of at least 4 members (excludes halogenated alkanes) is 1. The lowest BCUT2D eigenvalue weighted by Crippen LogP contribution is -2.14. The molecule has 0 unspecified atom stereocenters. The van der Waals surface area contributed by atoms with Crippen molar-refractivity contribution >= 4 is 28.1 Å². The summed E-state index contributed by atoms with van der Waals surface area (Å²) in [5.74, 6) is -0.160. The number of nitrogen functional groups attached to an aromatic ring is 1. The van der Waals surface area contributed by atoms with E-state index in [1.165, 1.54) is 11.3 Å². The van der Waals surface area contributed by atoms with Gasteiger partial charge < -0.3 is 16.2 Å². The third-order valence-electron chi connectivity index (χ3n) is 4.44. The molecule has 0 saturated carbocycles. The van der Waals surface area contributed by atoms with Gasteiger partial charge in [0.05, 0.1) is 23.7 Å². The fourth-order valence-electron chi connectivity index (χ4n) is 2.89. The Kier molecular flexibility index (Phi) is 5.67. The van der Waals surface area contributed by atoms with Crippen LogP contribution >= 0.6 is 11.3 Å². The minimum atomic E-state index is -1.04. The Morgan fingerprint density at radius 2 is 1.97 bits per heavy atom. The van der Waals surface area contributed by atoms with Crippen molar-refractivity contribution in [1.82, 2.24) is 4.98 Å². The first kappa shape index (κ1) is 16.1. The molecule has 0 saturated heterocycles. The van der Waals surface area contributed by atoms with Crippen LogP contribution in [0.5, 0.6) is 0 Å². The number of nitrogens with one attached hydrogen (secondary N) is 1. The molecular formula is C23H27N3O2S. The molecule has 3 rings (SSSR count). The molecule has 0 fully saturated rings. The Balaban J connectivity index is 1.47. The first-order valence-electron chi connectivity index (χ1n) is 11.5. The molecule has 0 radical (unpaired) electrons. The summed E-state index contributed by atoms with van der Waals surface area (Å²) in [4.78, 5) is 16.2. The molecule has 1 amide bonds. The van der Waals surface area contributed by atoms with Crippen LogP contribution in [0.4, 0.5) is 10.8 Å². The van der Waals surface area contributed by atoms with E-state index in [9.17, 15) is 9.90 Å². The lowest BCUT2D eigenvalue weighted by atomic mass is 10.0. The monoisotopic (exact) mass is 413 g/mol. The molecule has 0 aliphatic rings. The Bertz CT molecular complexity index is 1110. The molecule has 2 aromatic carbocycles. The second-order valence-electron chi connectivity index (χ2n) is 6.90. The van der Waals surface area contributed by atoms with Gasteiger partial charge in [-0.1, -0.05) is 48.3 Å². The Hall–Kier alpha value is -2.70. The normalized spacial score (nSPS) is 13.9. The van der Waals surface area contributed by atoms with E-state index in [-0.39, 0.29) is 47.6 Å². The number of aliphatic hydroxyl groups is 1. The molecule has 4 N–H and O–H groups in total. The minimum absolute atomic E-state index is 0.0658. The fourth-order valence-corrected chi connectivity index (χ4v) is 3.45. The zero-order valence-electron chi connectivity index (χ0n) is 20.3. The number of hydrogen-bond acceptors (Lipinski definition) is 5. The van der Waals surface area contributed by atoms with E-state index < -0.39 is 6.10 Å². The highest BCUT2D eigenvalue weighted by atomic mass is 32.1. The van der Waals surface area contributed by atoms with E-state index in [0.29, 0.717) is 29.4 Å². The van der Waals surface area contributed by atoms with Crippen molar-refractivity contribution in [3.63, 3.8) is 0 Å². The number of aromatic nitrogens is 1. The first-order chi connectivity index (χ1) is 15.7. The zero-order chi connectivity index (χ0) is 24.1. The topological polar surface area (TPSA) is 88.2 Å². The van der Waals surface area contributed by atoms with Gasteiger partial charge in [0.25, 0.3) is 0 Å². The van der Waals surface area contributed by atoms with Crippen LogP contribution in [0.1, 0.15) is 53.2 Å². The molecule has 1 atom stereocenters. The molecule has 3 aromatic rings. The molecule has 0 bridgehead atoms. The van der Waals surface area contributed by atoms with Crippen molar-refractivity contribution in [1.29, 1.82) is 0 Å². The highest BCUT2D eigenvalue weighted by Gasteiger charge is 2.08. The van der Waals surface area contributed by atoms with E-state index in [1.54, 1.807) is 12.3 Å². The van der Waals surface area contributed by atoms with Gasteiger partial charge in [-0.3, -0.25) is 4.79 Å². The van der Waals surface area contributed by atoms with Gasteiger partial charge in [0.15, 0.2) is 5.13 Å². The van der Waals surface area contributed by atoms with Gasteiger partial charge in [0.2, 0.25) is 5.91 Å². The lowest BCUT2D eigenvalue weighted by molar-refractivity contribution is -0.115. The zero-order valence-corrected chi connectivity index (χ0v) is 17.1. The second kappa shape index (κ2) is 10.2. The number of hydrogen-bond donors (Lipinski definition) is 3. The summed E-state index contributed by atoms with van der Waals surface area (Å²) >= 11 is 1.30. The van der Waals surface area contributed by atoms with Gasteiger partial charge in [-0.2, -0.15) is 0 Å². The highest BCUT2D eigenvalue weighted by molar-refractivity contribution is 7.13. The molecule has 29 heavy (non-hydrogen) atoms. The predicted molar refractivity (Wildman–Crippen MR) is 119 cm³/mol. The van der Waals surface area contributed by atoms with Crippen molar-refractivity contribution in [2.75, 3.05) is 11.1 Å². The summed E-state index contributed by atoms with van der Waals surface area (Å²) in [6, 6.07) is 7.02. The largest absolute Gasteiger partial charge is 0.388 e. The first-order valence-corrected chi connectivity index (χ1v) is 10.4. The average molecular weight is 414 g/mol. The maximum atomic E-state index is 12.1. The van der Waals surface area contributed by atoms with Gasteiger partial charge in [-0.05, 0) is 49.4 Å². The number of aryl methyl sites for hydroxylation is 1. The Morgan fingerprint density at radius 1 is 1.24 bits per heavy atom. The summed E-state index contributed by atoms with van der Waals surface area (Å²) in [6.45, 7) is 1.55. The van der Waals surface area contributed by atoms with Gasteiger partial charge >= 0.3 is 0 Å². The summed E-state index contributed by atoms with van der Waals surface area (Å²) in [6.07, 6.45) is 1.73. The van der Waals surface area contributed by atoms with Crippen LogP contribution in [-0.4, -0.2) is 16.0 Å². The van der Waals surface area contributed by atoms with E-state index in [4.69, 9.17) is 11.2 Å². The summed E-state index contributed by atoms with van der Waals surface area (Å²) in [7, 11) is 0. The summed E-state index contributed by atoms with van der Waals surface area (Å²) < 4.78 is 32.0. The number of aliphatic hydroxyl groups excluding tert-OH is 1. The van der Waals surface area contributed by atoms with Crippen LogP contribution in [0.25, 0.3) is 0 Å². The predicted octanol–water partition coefficient (Wildman–Crippen LogP) is 4.66. The van der Waals surface area contributed by atoms with Crippen LogP contribution in [0.2, 0.25) is 0 Å². The molecule has 0 spiro atoms. The van der Waals surface area contributed by atoms with Gasteiger partial charge in [-0.15, -0.1) is 11.3 Å². The Labute approximate surface area is 181 Å². The molecule has 152 valence electrons. The van der Waals surface area contributed by atoms with E-state index in [1.807, 2.05) is 24.3 Å². The third kappa shape index (κ3) is 6.69. The number of anilines is 2. The lowest BCUT2D eigenvalue weighted by Gasteiger charge is -2.11. The van der Waals surface area contributed by atoms with E-state index in [2.05, 4.69) is 10.3 Å². The van der Waals surface area contributed by atoms with Crippen LogP contribution in [0.3, 0.4) is 0 Å². The molecule has 0 aliphatic heterocycles. The minimum Gasteiger partial charge on any atom is -0.388 e. The summed E-state index contributed by atoms with van der Waals surface area (Å²) in [5.41, 5.74) is 8.37. The summed E-state index contributed by atoms with van der Waals surface area (Å²) in [5, 5.41) is 15.5. The number of amides is 1. The average Bonchev–Trinajstić information content (AvgIpc) is 3.19. The van der Waals surface area contributed by atoms with E-state index >= 15 is 0 Å². The third-order valence-corrected chi connectivity index (χ3v) is 5.17. The highest BCUT2D eigenvalue weighted by Crippen LogP contribution is 2.21. The standard InChI is InChI=1S/C23H27N3O2S/c1-16-6-10-18(11-7-16)21(27)5-3-2-4-17-8-12-19(13-9-17)25-22(28)14-20-15-29-23(24)26-20/h6-13,15,21,27H,2-5,14H2,1H3,(H2,24,26)(H,25,28)/t21-/m0/s1/i6D,7D,10D,11D. The second-order valence-corrected chi connectivity index (χ2v) is 7.79. The van der Waals surface area contributed by atoms with Crippen molar-refractivity contribution in [2.24, 2.45) is 0 Å². The molecule has 0 aliphatic carbocycles. The quantitative estimate of drug-likeness (QED) is 0.445. The van der Waals surface area contributed by atoms with Gasteiger partial charge in [-0.25, -0.2) is 4.98 Å². The van der Waals surface area contributed by atoms with Crippen molar-refractivity contribution in [3.8, 4) is 0 Å². The smallest absolute Gasteiger partial charge is 0.230 e. The number of nitrogens with zero attached hydrogens (tertiary/aromatic N) is 1. The fraction of sp³-hybridized carbons (Fsp3) is 0.304. The van der Waals surface area contributed by atoms with Crippen molar-refractivity contribution < 1.29 is 15.4 Å². The molecule has 1 aromatic heterocycles. The molecule has 6 heteroatoms. The van der Waals surface area contributed by atoms with E-state index in [0.717, 1.165) is 18.4 Å². The number of rotatable bonds is 9. The number of thiazole rings is 1. The van der Waals surface area contributed by atoms with Gasteiger partial charge in [0.1, 0.15) is 0 Å². The molecule has 5 nitrogen and oxygen atoms in total. The van der Waals surface area contributed by atoms with Crippen molar-refractivity contribution in [2.45, 2.75) is 45.1 Å². The molecule has 1 heterocycles. The maximum absolute atomic E-state index is 12.1. The van der Waals surface area contributed by atoms with Crippen LogP contribution in [-0.2, 0) is 17.6 Å². The van der Waals surface area contributed by atoms with Crippen LogP contribution in [0, 0.1) is 6.92 Å².